The summed E-state index contributed by atoms with van der Waals surface area (Å²) in [7, 11) is 2.29. The molecule has 0 radical (unpaired) electrons. The number of piperidine rings is 1. The molecule has 0 bridgehead atoms. The predicted octanol–water partition coefficient (Wildman–Crippen LogP) is 3.03. The smallest absolute Gasteiger partial charge is 0.0534 e. The van der Waals surface area contributed by atoms with Gasteiger partial charge in [0.2, 0.25) is 0 Å². The van der Waals surface area contributed by atoms with Gasteiger partial charge in [-0.05, 0) is 71.0 Å². The van der Waals surface area contributed by atoms with E-state index in [1.54, 1.807) is 0 Å². The van der Waals surface area contributed by atoms with Crippen LogP contribution < -0.4 is 0 Å². The number of hydrogen-bond acceptors (Lipinski definition) is 4. The highest BCUT2D eigenvalue weighted by Gasteiger charge is 2.47. The van der Waals surface area contributed by atoms with Crippen LogP contribution in [-0.2, 0) is 11.3 Å². The van der Waals surface area contributed by atoms with Crippen LogP contribution in [0.2, 0.25) is 0 Å². The van der Waals surface area contributed by atoms with E-state index in [0.29, 0.717) is 11.5 Å². The fourth-order valence-electron chi connectivity index (χ4n) is 4.91. The molecule has 1 saturated carbocycles. The molecule has 1 aliphatic carbocycles. The first kappa shape index (κ1) is 18.5. The van der Waals surface area contributed by atoms with Crippen molar-refractivity contribution in [2.75, 3.05) is 46.4 Å². The summed E-state index contributed by atoms with van der Waals surface area (Å²) in [6.07, 6.45) is 9.66. The molecule has 0 amide bonds. The Bertz CT molecular complexity index is 587. The Kier molecular flexibility index (Phi) is 5.40. The molecule has 3 fully saturated rings. The van der Waals surface area contributed by atoms with Gasteiger partial charge in [-0.2, -0.15) is 5.10 Å². The van der Waals surface area contributed by atoms with E-state index in [-0.39, 0.29) is 0 Å². The molecule has 146 valence electrons. The third-order valence-electron chi connectivity index (χ3n) is 6.79. The SMILES string of the molecule is CC(C)n1cc(CN2CCC3(CC2)CN(C)CC3COCC2CC2)cn1. The molecule has 2 saturated heterocycles. The van der Waals surface area contributed by atoms with Crippen molar-refractivity contribution in [1.82, 2.24) is 19.6 Å². The van der Waals surface area contributed by atoms with Crippen molar-refractivity contribution in [3.63, 3.8) is 0 Å². The summed E-state index contributed by atoms with van der Waals surface area (Å²) in [6, 6.07) is 0.443. The van der Waals surface area contributed by atoms with Gasteiger partial charge in [-0.1, -0.05) is 0 Å². The van der Waals surface area contributed by atoms with E-state index in [1.165, 1.54) is 57.4 Å². The van der Waals surface area contributed by atoms with Gasteiger partial charge in [0.1, 0.15) is 0 Å². The lowest BCUT2D eigenvalue weighted by atomic mass is 9.71. The highest BCUT2D eigenvalue weighted by atomic mass is 16.5. The van der Waals surface area contributed by atoms with Gasteiger partial charge < -0.3 is 9.64 Å². The number of rotatable bonds is 7. The van der Waals surface area contributed by atoms with Crippen molar-refractivity contribution in [3.05, 3.63) is 18.0 Å². The fraction of sp³-hybridized carbons (Fsp3) is 0.857. The molecule has 0 aromatic carbocycles. The molecule has 5 heteroatoms. The number of hydrogen-bond donors (Lipinski definition) is 0. The van der Waals surface area contributed by atoms with E-state index in [0.717, 1.165) is 31.6 Å². The van der Waals surface area contributed by atoms with Crippen molar-refractivity contribution in [3.8, 4) is 0 Å². The van der Waals surface area contributed by atoms with E-state index in [4.69, 9.17) is 4.74 Å². The third-order valence-corrected chi connectivity index (χ3v) is 6.79. The van der Waals surface area contributed by atoms with Gasteiger partial charge in [0.15, 0.2) is 0 Å². The van der Waals surface area contributed by atoms with Crippen molar-refractivity contribution < 1.29 is 4.74 Å². The predicted molar refractivity (Wildman–Crippen MR) is 104 cm³/mol. The van der Waals surface area contributed by atoms with E-state index in [9.17, 15) is 0 Å². The zero-order valence-electron chi connectivity index (χ0n) is 16.9. The second kappa shape index (κ2) is 7.61. The Balaban J connectivity index is 1.30. The molecule has 2 aliphatic heterocycles. The molecular formula is C21H36N4O. The van der Waals surface area contributed by atoms with Gasteiger partial charge in [-0.25, -0.2) is 0 Å². The van der Waals surface area contributed by atoms with Crippen molar-refractivity contribution in [2.45, 2.75) is 52.1 Å². The highest BCUT2D eigenvalue weighted by Crippen LogP contribution is 2.44. The second-order valence-electron chi connectivity index (χ2n) is 9.44. The highest BCUT2D eigenvalue weighted by molar-refractivity contribution is 5.06. The number of likely N-dealkylation sites (tertiary alicyclic amines) is 2. The largest absolute Gasteiger partial charge is 0.381 e. The summed E-state index contributed by atoms with van der Waals surface area (Å²) in [6.45, 7) is 12.3. The zero-order chi connectivity index (χ0) is 18.1. The van der Waals surface area contributed by atoms with E-state index in [1.807, 2.05) is 6.20 Å². The monoisotopic (exact) mass is 360 g/mol. The minimum absolute atomic E-state index is 0.443. The van der Waals surface area contributed by atoms with Crippen LogP contribution in [0.4, 0.5) is 0 Å². The van der Waals surface area contributed by atoms with Crippen LogP contribution in [0.1, 0.15) is 51.1 Å². The molecule has 1 spiro atoms. The first-order chi connectivity index (χ1) is 12.5. The minimum Gasteiger partial charge on any atom is -0.381 e. The Morgan fingerprint density at radius 1 is 1.23 bits per heavy atom. The van der Waals surface area contributed by atoms with E-state index < -0.39 is 0 Å². The van der Waals surface area contributed by atoms with Gasteiger partial charge in [0.05, 0.1) is 12.8 Å². The molecule has 3 aliphatic rings. The van der Waals surface area contributed by atoms with Crippen LogP contribution in [-0.4, -0.2) is 66.0 Å². The molecule has 1 aromatic rings. The van der Waals surface area contributed by atoms with Gasteiger partial charge >= 0.3 is 0 Å². The molecule has 5 nitrogen and oxygen atoms in total. The lowest BCUT2D eigenvalue weighted by molar-refractivity contribution is 0.0167. The standard InChI is InChI=1S/C21H36N4O/c1-17(2)25-12-19(10-22-25)11-24-8-6-21(7-9-24)16-23(3)13-20(21)15-26-14-18-4-5-18/h10,12,17-18,20H,4-9,11,13-16H2,1-3H3. The lowest BCUT2D eigenvalue weighted by Crippen LogP contribution is -2.44. The lowest BCUT2D eigenvalue weighted by Gasteiger charge is -2.42. The van der Waals surface area contributed by atoms with E-state index in [2.05, 4.69) is 46.7 Å². The fourth-order valence-corrected chi connectivity index (χ4v) is 4.91. The van der Waals surface area contributed by atoms with Crippen LogP contribution in [0.25, 0.3) is 0 Å². The summed E-state index contributed by atoms with van der Waals surface area (Å²) in [5.74, 6) is 1.59. The number of nitrogens with zero attached hydrogens (tertiary/aromatic N) is 4. The molecule has 0 N–H and O–H groups in total. The molecule has 3 heterocycles. The Morgan fingerprint density at radius 3 is 2.65 bits per heavy atom. The normalized spacial score (nSPS) is 27.0. The first-order valence-electron chi connectivity index (χ1n) is 10.6. The molecule has 26 heavy (non-hydrogen) atoms. The maximum Gasteiger partial charge on any atom is 0.0534 e. The first-order valence-corrected chi connectivity index (χ1v) is 10.6. The molecule has 4 rings (SSSR count). The Labute approximate surface area is 158 Å². The molecule has 1 unspecified atom stereocenters. The topological polar surface area (TPSA) is 33.5 Å². The summed E-state index contributed by atoms with van der Waals surface area (Å²) < 4.78 is 8.18. The quantitative estimate of drug-likeness (QED) is 0.748. The zero-order valence-corrected chi connectivity index (χ0v) is 16.9. The van der Waals surface area contributed by atoms with Gasteiger partial charge in [0, 0.05) is 50.0 Å². The van der Waals surface area contributed by atoms with Crippen LogP contribution >= 0.6 is 0 Å². The maximum absolute atomic E-state index is 6.11. The summed E-state index contributed by atoms with van der Waals surface area (Å²) in [5.41, 5.74) is 1.83. The van der Waals surface area contributed by atoms with Crippen LogP contribution in [0.15, 0.2) is 12.4 Å². The van der Waals surface area contributed by atoms with Gasteiger partial charge in [0.25, 0.3) is 0 Å². The average molecular weight is 361 g/mol. The maximum atomic E-state index is 6.11. The van der Waals surface area contributed by atoms with Crippen LogP contribution in [0, 0.1) is 17.3 Å². The van der Waals surface area contributed by atoms with E-state index >= 15 is 0 Å². The van der Waals surface area contributed by atoms with Gasteiger partial charge in [-0.15, -0.1) is 0 Å². The average Bonchev–Trinajstić information content (AvgIpc) is 3.22. The molecule has 1 atom stereocenters. The summed E-state index contributed by atoms with van der Waals surface area (Å²) in [4.78, 5) is 5.15. The Morgan fingerprint density at radius 2 is 2.00 bits per heavy atom. The van der Waals surface area contributed by atoms with Crippen molar-refractivity contribution in [2.24, 2.45) is 17.3 Å². The summed E-state index contributed by atoms with van der Waals surface area (Å²) in [5, 5.41) is 4.49. The van der Waals surface area contributed by atoms with Crippen molar-refractivity contribution in [1.29, 1.82) is 0 Å². The van der Waals surface area contributed by atoms with Crippen LogP contribution in [0.5, 0.6) is 0 Å². The third kappa shape index (κ3) is 4.15. The summed E-state index contributed by atoms with van der Waals surface area (Å²) >= 11 is 0. The molecule has 1 aromatic heterocycles. The number of ether oxygens (including phenoxy) is 1. The second-order valence-corrected chi connectivity index (χ2v) is 9.44. The van der Waals surface area contributed by atoms with Gasteiger partial charge in [-0.3, -0.25) is 9.58 Å². The van der Waals surface area contributed by atoms with Crippen LogP contribution in [0.3, 0.4) is 0 Å². The molecular weight excluding hydrogens is 324 g/mol. The number of aromatic nitrogens is 2. The van der Waals surface area contributed by atoms with Crippen molar-refractivity contribution >= 4 is 0 Å². The Hall–Kier alpha value is -0.910. The minimum atomic E-state index is 0.443.